The molecule has 6 unspecified atom stereocenters. The van der Waals surface area contributed by atoms with Crippen LogP contribution >= 0.6 is 0 Å². The molecule has 0 spiro atoms. The largest absolute Gasteiger partial charge is 0.457 e. The minimum absolute atomic E-state index is 0.128. The molecule has 0 saturated carbocycles. The molecule has 1 aliphatic rings. The lowest BCUT2D eigenvalue weighted by Crippen LogP contribution is -2.59. The second-order valence-corrected chi connectivity index (χ2v) is 19.0. The number of ether oxygens (including phenoxy) is 4. The smallest absolute Gasteiger partial charge is 0.306 e. The Kier molecular flexibility index (Phi) is 47.5. The number of hydrogen-bond acceptors (Lipinski definition) is 9. The lowest BCUT2D eigenvalue weighted by atomic mass is 9.99. The Morgan fingerprint density at radius 3 is 1.31 bits per heavy atom. The number of aliphatic hydroxyl groups excluding tert-OH is 4. The molecule has 1 fully saturated rings. The Morgan fingerprint density at radius 1 is 0.471 bits per heavy atom. The van der Waals surface area contributed by atoms with Crippen molar-refractivity contribution in [3.63, 3.8) is 0 Å². The van der Waals surface area contributed by atoms with Gasteiger partial charge in [0.05, 0.1) is 19.8 Å². The topological polar surface area (TPSA) is 135 Å². The normalized spacial score (nSPS) is 19.7. The van der Waals surface area contributed by atoms with Gasteiger partial charge in [0.2, 0.25) is 0 Å². The van der Waals surface area contributed by atoms with Crippen LogP contribution in [0.25, 0.3) is 0 Å². The van der Waals surface area contributed by atoms with Crippen LogP contribution in [0.4, 0.5) is 0 Å². The molecule has 0 radical (unpaired) electrons. The van der Waals surface area contributed by atoms with E-state index in [1.165, 1.54) is 103 Å². The first-order valence-corrected chi connectivity index (χ1v) is 28.3. The van der Waals surface area contributed by atoms with Gasteiger partial charge in [-0.2, -0.15) is 0 Å². The first-order valence-electron chi connectivity index (χ1n) is 28.3. The van der Waals surface area contributed by atoms with E-state index in [0.29, 0.717) is 13.0 Å². The maximum absolute atomic E-state index is 12.9. The van der Waals surface area contributed by atoms with E-state index in [1.54, 1.807) is 0 Å². The van der Waals surface area contributed by atoms with Crippen LogP contribution in [0.3, 0.4) is 0 Å². The van der Waals surface area contributed by atoms with Crippen molar-refractivity contribution in [2.24, 2.45) is 0 Å². The lowest BCUT2D eigenvalue weighted by Gasteiger charge is -2.39. The first-order chi connectivity index (χ1) is 34.4. The van der Waals surface area contributed by atoms with Crippen LogP contribution in [-0.2, 0) is 23.7 Å². The zero-order valence-corrected chi connectivity index (χ0v) is 44.5. The standard InChI is InChI=1S/C61H104O9/c1-3-5-7-9-11-13-15-17-19-21-23-25-26-27-28-29-31-33-35-37-39-41-43-45-47-49-51-67-53-55(54-68-61-60(66)59(65)58(64)56(52-62)70-61)69-57(63)50-48-46-44-42-40-38-36-34-32-30-24-22-20-18-16-14-12-10-8-6-4-2/h6,8,12,14-15,17-18,20-21,23-24,26-27,30,34,36,55-56,58-62,64-66H,3-5,7,9-11,13,16,19,22,25,28-29,31-33,35,37-54H2,1-2H3/b8-6-,14-12-,17-15-,20-18-,23-21-,27-26-,30-24-,36-34-. The van der Waals surface area contributed by atoms with Crippen molar-refractivity contribution in [2.45, 2.75) is 256 Å². The number of carbonyl (C=O) groups excluding carboxylic acids is 1. The quantitative estimate of drug-likeness (QED) is 0.0267. The van der Waals surface area contributed by atoms with Gasteiger partial charge in [-0.05, 0) is 96.3 Å². The molecule has 1 heterocycles. The maximum atomic E-state index is 12.9. The minimum Gasteiger partial charge on any atom is -0.457 e. The Hall–Kier alpha value is -2.89. The second-order valence-electron chi connectivity index (χ2n) is 19.0. The SMILES string of the molecule is CC/C=C\C/C=C\C/C=C\C/C=C\C/C=C\CCCCCCCC(=O)OC(COCCCCCCCCCCCCC/C=C\C/C=C\C/C=C\CCCCCCC)COC1OC(CO)C(O)C(O)C1O. The highest BCUT2D eigenvalue weighted by atomic mass is 16.7. The molecule has 70 heavy (non-hydrogen) atoms. The third-order valence-electron chi connectivity index (χ3n) is 12.5. The predicted molar refractivity (Wildman–Crippen MR) is 293 cm³/mol. The summed E-state index contributed by atoms with van der Waals surface area (Å²) in [6.07, 6.45) is 64.4. The van der Waals surface area contributed by atoms with Crippen LogP contribution < -0.4 is 0 Å². The fourth-order valence-corrected chi connectivity index (χ4v) is 8.11. The molecule has 0 bridgehead atoms. The van der Waals surface area contributed by atoms with E-state index in [2.05, 4.69) is 111 Å². The zero-order valence-electron chi connectivity index (χ0n) is 44.5. The fourth-order valence-electron chi connectivity index (χ4n) is 8.11. The van der Waals surface area contributed by atoms with Crippen molar-refractivity contribution in [2.75, 3.05) is 26.4 Å². The summed E-state index contributed by atoms with van der Waals surface area (Å²) in [7, 11) is 0. The number of aliphatic hydroxyl groups is 4. The number of hydrogen-bond donors (Lipinski definition) is 4. The van der Waals surface area contributed by atoms with Crippen molar-refractivity contribution < 1.29 is 44.2 Å². The highest BCUT2D eigenvalue weighted by Crippen LogP contribution is 2.23. The highest BCUT2D eigenvalue weighted by Gasteiger charge is 2.44. The van der Waals surface area contributed by atoms with E-state index in [9.17, 15) is 25.2 Å². The molecule has 9 heteroatoms. The predicted octanol–water partition coefficient (Wildman–Crippen LogP) is 14.7. The summed E-state index contributed by atoms with van der Waals surface area (Å²) in [5, 5.41) is 40.3. The molecule has 402 valence electrons. The van der Waals surface area contributed by atoms with Gasteiger partial charge in [0, 0.05) is 13.0 Å². The molecular weight excluding hydrogens is 877 g/mol. The van der Waals surface area contributed by atoms with E-state index in [4.69, 9.17) is 18.9 Å². The Balaban J connectivity index is 2.19. The van der Waals surface area contributed by atoms with E-state index in [0.717, 1.165) is 96.3 Å². The Labute approximate surface area is 428 Å². The average molecular weight is 981 g/mol. The zero-order chi connectivity index (χ0) is 50.6. The highest BCUT2D eigenvalue weighted by molar-refractivity contribution is 5.69. The molecule has 1 aliphatic heterocycles. The van der Waals surface area contributed by atoms with Crippen molar-refractivity contribution in [1.82, 2.24) is 0 Å². The number of allylic oxidation sites excluding steroid dienone is 16. The number of unbranched alkanes of at least 4 members (excludes halogenated alkanes) is 21. The van der Waals surface area contributed by atoms with Crippen molar-refractivity contribution in [3.8, 4) is 0 Å². The summed E-state index contributed by atoms with van der Waals surface area (Å²) >= 11 is 0. The fraction of sp³-hybridized carbons (Fsp3) is 0.721. The van der Waals surface area contributed by atoms with Crippen LogP contribution in [0.5, 0.6) is 0 Å². The molecule has 1 saturated heterocycles. The Bertz CT molecular complexity index is 1390. The van der Waals surface area contributed by atoms with Gasteiger partial charge in [0.1, 0.15) is 30.5 Å². The molecule has 0 amide bonds. The summed E-state index contributed by atoms with van der Waals surface area (Å²) < 4.78 is 22.9. The van der Waals surface area contributed by atoms with Gasteiger partial charge >= 0.3 is 5.97 Å². The molecular formula is C61H104O9. The molecule has 6 atom stereocenters. The van der Waals surface area contributed by atoms with Crippen LogP contribution in [0.2, 0.25) is 0 Å². The lowest BCUT2D eigenvalue weighted by molar-refractivity contribution is -0.305. The maximum Gasteiger partial charge on any atom is 0.306 e. The van der Waals surface area contributed by atoms with Gasteiger partial charge in [-0.25, -0.2) is 0 Å². The molecule has 0 aromatic rings. The molecule has 0 aliphatic carbocycles. The van der Waals surface area contributed by atoms with Gasteiger partial charge in [-0.1, -0.05) is 214 Å². The first kappa shape index (κ1) is 65.1. The van der Waals surface area contributed by atoms with Gasteiger partial charge in [0.25, 0.3) is 0 Å². The Morgan fingerprint density at radius 2 is 0.871 bits per heavy atom. The molecule has 4 N–H and O–H groups in total. The van der Waals surface area contributed by atoms with Crippen LogP contribution in [0, 0.1) is 0 Å². The summed E-state index contributed by atoms with van der Waals surface area (Å²) in [5.74, 6) is -0.335. The van der Waals surface area contributed by atoms with Gasteiger partial charge < -0.3 is 39.4 Å². The average Bonchev–Trinajstić information content (AvgIpc) is 3.36. The number of rotatable bonds is 48. The summed E-state index contributed by atoms with van der Waals surface area (Å²) in [5.41, 5.74) is 0. The van der Waals surface area contributed by atoms with Gasteiger partial charge in [-0.15, -0.1) is 0 Å². The summed E-state index contributed by atoms with van der Waals surface area (Å²) in [6, 6.07) is 0. The van der Waals surface area contributed by atoms with E-state index >= 15 is 0 Å². The molecule has 1 rings (SSSR count). The van der Waals surface area contributed by atoms with Crippen LogP contribution in [-0.4, -0.2) is 89.6 Å². The van der Waals surface area contributed by atoms with Crippen LogP contribution in [0.15, 0.2) is 97.2 Å². The van der Waals surface area contributed by atoms with Crippen molar-refractivity contribution in [3.05, 3.63) is 97.2 Å². The number of carbonyl (C=O) groups is 1. The van der Waals surface area contributed by atoms with Crippen LogP contribution in [0.1, 0.15) is 219 Å². The molecule has 0 aromatic carbocycles. The monoisotopic (exact) mass is 981 g/mol. The summed E-state index contributed by atoms with van der Waals surface area (Å²) in [6.45, 7) is 4.41. The van der Waals surface area contributed by atoms with E-state index < -0.39 is 43.4 Å². The number of esters is 1. The van der Waals surface area contributed by atoms with E-state index in [1.807, 2.05) is 0 Å². The molecule has 9 nitrogen and oxygen atoms in total. The minimum atomic E-state index is -1.55. The third kappa shape index (κ3) is 40.7. The summed E-state index contributed by atoms with van der Waals surface area (Å²) in [4.78, 5) is 12.9. The van der Waals surface area contributed by atoms with Gasteiger partial charge in [-0.3, -0.25) is 4.79 Å². The second kappa shape index (κ2) is 51.0. The van der Waals surface area contributed by atoms with Crippen molar-refractivity contribution in [1.29, 1.82) is 0 Å². The third-order valence-corrected chi connectivity index (χ3v) is 12.5. The molecule has 0 aromatic heterocycles. The van der Waals surface area contributed by atoms with E-state index in [-0.39, 0.29) is 19.2 Å². The van der Waals surface area contributed by atoms with Crippen molar-refractivity contribution >= 4 is 5.97 Å². The van der Waals surface area contributed by atoms with Gasteiger partial charge in [0.15, 0.2) is 6.29 Å².